The third-order valence-corrected chi connectivity index (χ3v) is 3.67. The van der Waals surface area contributed by atoms with Gasteiger partial charge in [0.2, 0.25) is 0 Å². The number of likely N-dealkylation sites (N-methyl/N-ethyl adjacent to an activating group) is 1. The molecule has 0 bridgehead atoms. The summed E-state index contributed by atoms with van der Waals surface area (Å²) in [5.41, 5.74) is 0.479. The molecule has 2 atom stereocenters. The predicted octanol–water partition coefficient (Wildman–Crippen LogP) is 2.49. The molecular weight excluding hydrogens is 196 g/mol. The third kappa shape index (κ3) is 4.06. The zero-order valence-electron chi connectivity index (χ0n) is 11.4. The summed E-state index contributed by atoms with van der Waals surface area (Å²) in [5, 5.41) is 3.80. The van der Waals surface area contributed by atoms with Crippen LogP contribution in [0.4, 0.5) is 0 Å². The van der Waals surface area contributed by atoms with E-state index in [1.807, 2.05) is 0 Å². The maximum Gasteiger partial charge on any atom is 0.0200 e. The minimum atomic E-state index is 0.479. The topological polar surface area (TPSA) is 15.3 Å². The number of piperidine rings is 1. The highest BCUT2D eigenvalue weighted by atomic mass is 15.2. The van der Waals surface area contributed by atoms with E-state index in [2.05, 4.69) is 38.0 Å². The fourth-order valence-corrected chi connectivity index (χ4v) is 3.16. The molecule has 1 heterocycles. The van der Waals surface area contributed by atoms with E-state index in [0.717, 1.165) is 18.0 Å². The van der Waals surface area contributed by atoms with Crippen molar-refractivity contribution in [2.24, 2.45) is 11.3 Å². The van der Waals surface area contributed by atoms with Gasteiger partial charge in [-0.15, -0.1) is 0 Å². The first-order valence-corrected chi connectivity index (χ1v) is 6.87. The molecule has 0 aromatic rings. The second-order valence-corrected chi connectivity index (χ2v) is 7.23. The summed E-state index contributed by atoms with van der Waals surface area (Å²) in [4.78, 5) is 2.51. The van der Waals surface area contributed by atoms with Gasteiger partial charge in [-0.05, 0) is 44.1 Å². The molecule has 16 heavy (non-hydrogen) atoms. The van der Waals surface area contributed by atoms with E-state index in [1.165, 1.54) is 38.8 Å². The van der Waals surface area contributed by atoms with Crippen LogP contribution in [0.2, 0.25) is 0 Å². The molecule has 2 rings (SSSR count). The van der Waals surface area contributed by atoms with E-state index in [4.69, 9.17) is 0 Å². The second-order valence-electron chi connectivity index (χ2n) is 7.23. The van der Waals surface area contributed by atoms with Crippen molar-refractivity contribution in [3.8, 4) is 0 Å². The van der Waals surface area contributed by atoms with Crippen LogP contribution in [-0.2, 0) is 0 Å². The van der Waals surface area contributed by atoms with E-state index in [9.17, 15) is 0 Å². The molecule has 0 radical (unpaired) electrons. The summed E-state index contributed by atoms with van der Waals surface area (Å²) in [6, 6.07) is 1.60. The molecule has 0 spiro atoms. The Hall–Kier alpha value is -0.0800. The molecule has 2 nitrogen and oxygen atoms in total. The summed E-state index contributed by atoms with van der Waals surface area (Å²) < 4.78 is 0. The Morgan fingerprint density at radius 3 is 2.38 bits per heavy atom. The van der Waals surface area contributed by atoms with Crippen LogP contribution in [0.1, 0.15) is 46.5 Å². The number of hydrogen-bond acceptors (Lipinski definition) is 2. The van der Waals surface area contributed by atoms with Gasteiger partial charge in [0.1, 0.15) is 0 Å². The van der Waals surface area contributed by atoms with Gasteiger partial charge in [0.25, 0.3) is 0 Å². The molecule has 1 saturated carbocycles. The fourth-order valence-electron chi connectivity index (χ4n) is 3.16. The van der Waals surface area contributed by atoms with E-state index >= 15 is 0 Å². The van der Waals surface area contributed by atoms with Crippen molar-refractivity contribution in [3.63, 3.8) is 0 Å². The Morgan fingerprint density at radius 2 is 1.81 bits per heavy atom. The summed E-state index contributed by atoms with van der Waals surface area (Å²) in [6.45, 7) is 9.64. The average molecular weight is 224 g/mol. The van der Waals surface area contributed by atoms with Crippen molar-refractivity contribution in [1.82, 2.24) is 10.2 Å². The van der Waals surface area contributed by atoms with Crippen molar-refractivity contribution in [2.75, 3.05) is 20.1 Å². The minimum Gasteiger partial charge on any atom is -0.310 e. The van der Waals surface area contributed by atoms with Gasteiger partial charge in [-0.3, -0.25) is 0 Å². The van der Waals surface area contributed by atoms with Gasteiger partial charge in [0, 0.05) is 25.2 Å². The largest absolute Gasteiger partial charge is 0.310 e. The average Bonchev–Trinajstić information content (AvgIpc) is 2.82. The number of hydrogen-bond donors (Lipinski definition) is 1. The number of nitrogens with one attached hydrogen (secondary N) is 1. The summed E-state index contributed by atoms with van der Waals surface area (Å²) in [6.07, 6.45) is 5.56. The summed E-state index contributed by atoms with van der Waals surface area (Å²) in [7, 11) is 2.27. The molecule has 0 aromatic heterocycles. The Kier molecular flexibility index (Phi) is 3.60. The van der Waals surface area contributed by atoms with E-state index in [0.29, 0.717) is 5.41 Å². The van der Waals surface area contributed by atoms with Crippen molar-refractivity contribution >= 4 is 0 Å². The third-order valence-electron chi connectivity index (χ3n) is 3.67. The quantitative estimate of drug-likeness (QED) is 0.792. The molecule has 0 amide bonds. The number of rotatable bonds is 3. The Balaban J connectivity index is 1.83. The summed E-state index contributed by atoms with van der Waals surface area (Å²) >= 11 is 0. The smallest absolute Gasteiger partial charge is 0.0200 e. The molecule has 94 valence electrons. The lowest BCUT2D eigenvalue weighted by Gasteiger charge is -2.38. The fraction of sp³-hybridized carbons (Fsp3) is 1.00. The Bertz CT molecular complexity index is 225. The monoisotopic (exact) mass is 224 g/mol. The standard InChI is InChI=1S/C14H28N2/c1-14(2,3)8-11-7-13(10-16(4)9-11)15-12-5-6-12/h11-13,15H,5-10H2,1-4H3. The Labute approximate surface area is 101 Å². The summed E-state index contributed by atoms with van der Waals surface area (Å²) in [5.74, 6) is 0.884. The van der Waals surface area contributed by atoms with E-state index in [1.54, 1.807) is 0 Å². The van der Waals surface area contributed by atoms with Crippen molar-refractivity contribution in [1.29, 1.82) is 0 Å². The first-order chi connectivity index (χ1) is 7.42. The van der Waals surface area contributed by atoms with Crippen LogP contribution in [-0.4, -0.2) is 37.1 Å². The van der Waals surface area contributed by atoms with Gasteiger partial charge in [-0.2, -0.15) is 0 Å². The maximum atomic E-state index is 3.80. The molecule has 1 saturated heterocycles. The van der Waals surface area contributed by atoms with Crippen LogP contribution >= 0.6 is 0 Å². The zero-order chi connectivity index (χ0) is 11.8. The van der Waals surface area contributed by atoms with E-state index in [-0.39, 0.29) is 0 Å². The van der Waals surface area contributed by atoms with Crippen molar-refractivity contribution < 1.29 is 0 Å². The highest BCUT2D eigenvalue weighted by Crippen LogP contribution is 2.31. The van der Waals surface area contributed by atoms with Crippen LogP contribution in [0.5, 0.6) is 0 Å². The van der Waals surface area contributed by atoms with Crippen LogP contribution < -0.4 is 5.32 Å². The highest BCUT2D eigenvalue weighted by Gasteiger charge is 2.31. The van der Waals surface area contributed by atoms with Gasteiger partial charge in [0.15, 0.2) is 0 Å². The van der Waals surface area contributed by atoms with Gasteiger partial charge >= 0.3 is 0 Å². The molecule has 1 N–H and O–H groups in total. The molecule has 2 aliphatic rings. The Morgan fingerprint density at radius 1 is 1.12 bits per heavy atom. The minimum absolute atomic E-state index is 0.479. The van der Waals surface area contributed by atoms with Gasteiger partial charge < -0.3 is 10.2 Å². The molecule has 0 aromatic carbocycles. The molecule has 1 aliphatic heterocycles. The first kappa shape index (κ1) is 12.4. The van der Waals surface area contributed by atoms with Gasteiger partial charge in [0.05, 0.1) is 0 Å². The lowest BCUT2D eigenvalue weighted by Crippen LogP contribution is -2.48. The first-order valence-electron chi connectivity index (χ1n) is 6.87. The molecule has 2 fully saturated rings. The maximum absolute atomic E-state index is 3.80. The number of likely N-dealkylation sites (tertiary alicyclic amines) is 1. The van der Waals surface area contributed by atoms with Crippen molar-refractivity contribution in [2.45, 2.75) is 58.5 Å². The lowest BCUT2D eigenvalue weighted by atomic mass is 9.80. The molecule has 1 aliphatic carbocycles. The molecule has 2 unspecified atom stereocenters. The van der Waals surface area contributed by atoms with Crippen LogP contribution in [0, 0.1) is 11.3 Å². The normalized spacial score (nSPS) is 33.0. The van der Waals surface area contributed by atoms with Crippen LogP contribution in [0.3, 0.4) is 0 Å². The van der Waals surface area contributed by atoms with Crippen molar-refractivity contribution in [3.05, 3.63) is 0 Å². The van der Waals surface area contributed by atoms with E-state index < -0.39 is 0 Å². The van der Waals surface area contributed by atoms with Crippen LogP contribution in [0.25, 0.3) is 0 Å². The molecule has 2 heteroatoms. The number of nitrogens with zero attached hydrogens (tertiary/aromatic N) is 1. The highest BCUT2D eigenvalue weighted by molar-refractivity contribution is 4.90. The zero-order valence-corrected chi connectivity index (χ0v) is 11.4. The molecular formula is C14H28N2. The predicted molar refractivity (Wildman–Crippen MR) is 69.6 cm³/mol. The van der Waals surface area contributed by atoms with Crippen LogP contribution in [0.15, 0.2) is 0 Å². The van der Waals surface area contributed by atoms with Gasteiger partial charge in [-0.25, -0.2) is 0 Å². The van der Waals surface area contributed by atoms with Gasteiger partial charge in [-0.1, -0.05) is 20.8 Å². The second kappa shape index (κ2) is 4.66. The lowest BCUT2D eigenvalue weighted by molar-refractivity contribution is 0.134. The SMILES string of the molecule is CN1CC(CC(C)(C)C)CC(NC2CC2)C1.